The van der Waals surface area contributed by atoms with Gasteiger partial charge >= 0.3 is 5.97 Å². The standard InChI is InChI=1S/C15H22ClNO3/c1-2-3-9-17-14-6-4-13(5-7-14)15(18)20-12-11-19-10-8-16/h4-7,17H,2-3,8-12H2,1H3. The Labute approximate surface area is 125 Å². The number of carbonyl (C=O) groups excluding carboxylic acids is 1. The average molecular weight is 300 g/mol. The number of alkyl halides is 1. The maximum absolute atomic E-state index is 11.7. The van der Waals surface area contributed by atoms with Gasteiger partial charge in [-0.2, -0.15) is 0 Å². The Morgan fingerprint density at radius 3 is 2.60 bits per heavy atom. The van der Waals surface area contributed by atoms with E-state index in [2.05, 4.69) is 12.2 Å². The van der Waals surface area contributed by atoms with Crippen LogP contribution in [-0.4, -0.2) is 38.2 Å². The minimum absolute atomic E-state index is 0.242. The average Bonchev–Trinajstić information content (AvgIpc) is 2.48. The normalized spacial score (nSPS) is 10.3. The van der Waals surface area contributed by atoms with Gasteiger partial charge in [-0.05, 0) is 30.7 Å². The van der Waals surface area contributed by atoms with E-state index in [1.54, 1.807) is 12.1 Å². The van der Waals surface area contributed by atoms with E-state index in [0.717, 1.165) is 25.1 Å². The molecule has 0 fully saturated rings. The summed E-state index contributed by atoms with van der Waals surface area (Å²) in [4.78, 5) is 11.7. The number of hydrogen-bond donors (Lipinski definition) is 1. The zero-order valence-electron chi connectivity index (χ0n) is 11.9. The molecule has 0 radical (unpaired) electrons. The van der Waals surface area contributed by atoms with Crippen LogP contribution in [-0.2, 0) is 9.47 Å². The second kappa shape index (κ2) is 10.5. The molecule has 0 amide bonds. The summed E-state index contributed by atoms with van der Waals surface area (Å²) in [6.07, 6.45) is 2.29. The molecule has 1 N–H and O–H groups in total. The molecule has 0 bridgehead atoms. The second-order valence-electron chi connectivity index (χ2n) is 4.29. The van der Waals surface area contributed by atoms with Crippen molar-refractivity contribution in [3.05, 3.63) is 29.8 Å². The molecule has 0 unspecified atom stereocenters. The number of ether oxygens (including phenoxy) is 2. The van der Waals surface area contributed by atoms with Gasteiger partial charge in [0.2, 0.25) is 0 Å². The highest BCUT2D eigenvalue weighted by Crippen LogP contribution is 2.10. The SMILES string of the molecule is CCCCNc1ccc(C(=O)OCCOCCCl)cc1. The molecule has 4 nitrogen and oxygen atoms in total. The lowest BCUT2D eigenvalue weighted by atomic mass is 10.2. The van der Waals surface area contributed by atoms with Gasteiger partial charge in [0.05, 0.1) is 18.8 Å². The fourth-order valence-electron chi connectivity index (χ4n) is 1.57. The van der Waals surface area contributed by atoms with E-state index >= 15 is 0 Å². The molecule has 112 valence electrons. The quantitative estimate of drug-likeness (QED) is 0.409. The number of rotatable bonds is 10. The van der Waals surface area contributed by atoms with Gasteiger partial charge in [0.1, 0.15) is 6.61 Å². The van der Waals surface area contributed by atoms with Crippen LogP contribution in [0, 0.1) is 0 Å². The Kier molecular flexibility index (Phi) is 8.83. The maximum Gasteiger partial charge on any atom is 0.338 e. The second-order valence-corrected chi connectivity index (χ2v) is 4.67. The summed E-state index contributed by atoms with van der Waals surface area (Å²) in [6, 6.07) is 7.29. The van der Waals surface area contributed by atoms with Crippen molar-refractivity contribution >= 4 is 23.3 Å². The first-order valence-electron chi connectivity index (χ1n) is 6.92. The molecule has 0 atom stereocenters. The van der Waals surface area contributed by atoms with Crippen molar-refractivity contribution in [2.45, 2.75) is 19.8 Å². The number of esters is 1. The third kappa shape index (κ3) is 6.78. The lowest BCUT2D eigenvalue weighted by Gasteiger charge is -2.07. The van der Waals surface area contributed by atoms with Gasteiger partial charge in [0, 0.05) is 18.1 Å². The Morgan fingerprint density at radius 2 is 1.95 bits per heavy atom. The van der Waals surface area contributed by atoms with Crippen LogP contribution in [0.4, 0.5) is 5.69 Å². The Balaban J connectivity index is 2.30. The molecule has 5 heteroatoms. The summed E-state index contributed by atoms with van der Waals surface area (Å²) in [5, 5.41) is 3.29. The number of benzene rings is 1. The molecular formula is C15H22ClNO3. The van der Waals surface area contributed by atoms with E-state index in [4.69, 9.17) is 21.1 Å². The lowest BCUT2D eigenvalue weighted by Crippen LogP contribution is -2.11. The highest BCUT2D eigenvalue weighted by molar-refractivity contribution is 6.17. The lowest BCUT2D eigenvalue weighted by molar-refractivity contribution is 0.0338. The monoisotopic (exact) mass is 299 g/mol. The summed E-state index contributed by atoms with van der Waals surface area (Å²) in [5.74, 6) is 0.111. The van der Waals surface area contributed by atoms with Gasteiger partial charge in [-0.1, -0.05) is 13.3 Å². The molecule has 1 aromatic rings. The fraction of sp³-hybridized carbons (Fsp3) is 0.533. The van der Waals surface area contributed by atoms with Crippen molar-refractivity contribution in [3.8, 4) is 0 Å². The number of halogens is 1. The minimum atomic E-state index is -0.334. The highest BCUT2D eigenvalue weighted by Gasteiger charge is 2.06. The van der Waals surface area contributed by atoms with Crippen LogP contribution >= 0.6 is 11.6 Å². The molecule has 0 aliphatic heterocycles. The molecule has 0 spiro atoms. The van der Waals surface area contributed by atoms with E-state index < -0.39 is 0 Å². The molecule has 0 aromatic heterocycles. The summed E-state index contributed by atoms with van der Waals surface area (Å²) < 4.78 is 10.2. The topological polar surface area (TPSA) is 47.6 Å². The van der Waals surface area contributed by atoms with Crippen LogP contribution in [0.15, 0.2) is 24.3 Å². The number of unbranched alkanes of at least 4 members (excludes halogenated alkanes) is 1. The minimum Gasteiger partial charge on any atom is -0.460 e. The third-order valence-electron chi connectivity index (χ3n) is 2.66. The predicted octanol–water partition coefficient (Wildman–Crippen LogP) is 3.31. The summed E-state index contributed by atoms with van der Waals surface area (Å²) in [6.45, 7) is 4.18. The first-order valence-corrected chi connectivity index (χ1v) is 7.46. The number of carbonyl (C=O) groups is 1. The van der Waals surface area contributed by atoms with E-state index in [1.807, 2.05) is 12.1 Å². The maximum atomic E-state index is 11.7. The molecule has 1 aromatic carbocycles. The van der Waals surface area contributed by atoms with Crippen molar-refractivity contribution in [2.75, 3.05) is 37.6 Å². The zero-order chi connectivity index (χ0) is 14.6. The zero-order valence-corrected chi connectivity index (χ0v) is 12.6. The fourth-order valence-corrected chi connectivity index (χ4v) is 1.68. The Hall–Kier alpha value is -1.26. The summed E-state index contributed by atoms with van der Waals surface area (Å²) in [7, 11) is 0. The van der Waals surface area contributed by atoms with E-state index in [9.17, 15) is 4.79 Å². The van der Waals surface area contributed by atoms with Gasteiger partial charge in [0.15, 0.2) is 0 Å². The van der Waals surface area contributed by atoms with Crippen LogP contribution in [0.2, 0.25) is 0 Å². The third-order valence-corrected chi connectivity index (χ3v) is 2.82. The van der Waals surface area contributed by atoms with Crippen molar-refractivity contribution in [2.24, 2.45) is 0 Å². The molecule has 0 saturated heterocycles. The Morgan fingerprint density at radius 1 is 1.20 bits per heavy atom. The van der Waals surface area contributed by atoms with E-state index in [1.165, 1.54) is 0 Å². The molecular weight excluding hydrogens is 278 g/mol. The van der Waals surface area contributed by atoms with Gasteiger partial charge in [-0.15, -0.1) is 11.6 Å². The number of anilines is 1. The summed E-state index contributed by atoms with van der Waals surface area (Å²) >= 11 is 5.46. The largest absolute Gasteiger partial charge is 0.460 e. The van der Waals surface area contributed by atoms with Gasteiger partial charge in [0.25, 0.3) is 0 Å². The van der Waals surface area contributed by atoms with Gasteiger partial charge < -0.3 is 14.8 Å². The van der Waals surface area contributed by atoms with Crippen LogP contribution in [0.5, 0.6) is 0 Å². The Bertz CT molecular complexity index is 381. The molecule has 0 saturated carbocycles. The first kappa shape index (κ1) is 16.8. The highest BCUT2D eigenvalue weighted by atomic mass is 35.5. The van der Waals surface area contributed by atoms with Crippen LogP contribution in [0.1, 0.15) is 30.1 Å². The van der Waals surface area contributed by atoms with Crippen molar-refractivity contribution < 1.29 is 14.3 Å². The molecule has 0 aliphatic rings. The van der Waals surface area contributed by atoms with Crippen molar-refractivity contribution in [3.63, 3.8) is 0 Å². The molecule has 0 aliphatic carbocycles. The van der Waals surface area contributed by atoms with Crippen LogP contribution in [0.25, 0.3) is 0 Å². The van der Waals surface area contributed by atoms with Gasteiger partial charge in [-0.3, -0.25) is 0 Å². The molecule has 0 heterocycles. The van der Waals surface area contributed by atoms with E-state index in [0.29, 0.717) is 24.7 Å². The van der Waals surface area contributed by atoms with Crippen LogP contribution in [0.3, 0.4) is 0 Å². The van der Waals surface area contributed by atoms with Crippen molar-refractivity contribution in [1.82, 2.24) is 0 Å². The molecule has 1 rings (SSSR count). The number of hydrogen-bond acceptors (Lipinski definition) is 4. The van der Waals surface area contributed by atoms with Crippen molar-refractivity contribution in [1.29, 1.82) is 0 Å². The summed E-state index contributed by atoms with van der Waals surface area (Å²) in [5.41, 5.74) is 1.56. The van der Waals surface area contributed by atoms with Gasteiger partial charge in [-0.25, -0.2) is 4.79 Å². The smallest absolute Gasteiger partial charge is 0.338 e. The number of nitrogens with one attached hydrogen (secondary N) is 1. The first-order chi connectivity index (χ1) is 9.77. The van der Waals surface area contributed by atoms with E-state index in [-0.39, 0.29) is 12.6 Å². The predicted molar refractivity (Wildman–Crippen MR) is 81.7 cm³/mol. The molecule has 20 heavy (non-hydrogen) atoms. The van der Waals surface area contributed by atoms with Crippen LogP contribution < -0.4 is 5.32 Å².